The molecule has 1 saturated heterocycles. The van der Waals surface area contributed by atoms with Crippen LogP contribution in [0.3, 0.4) is 0 Å². The number of ether oxygens (including phenoxy) is 3. The second-order valence-electron chi connectivity index (χ2n) is 8.42. The van der Waals surface area contributed by atoms with E-state index in [-0.39, 0.29) is 0 Å². The monoisotopic (exact) mass is 465 g/mol. The van der Waals surface area contributed by atoms with E-state index >= 15 is 0 Å². The van der Waals surface area contributed by atoms with Crippen molar-refractivity contribution in [1.29, 1.82) is 0 Å². The third-order valence-electron chi connectivity index (χ3n) is 5.86. The molecule has 3 aromatic rings. The van der Waals surface area contributed by atoms with Gasteiger partial charge in [0.05, 0.1) is 18.9 Å². The maximum absolute atomic E-state index is 5.87. The number of aromatic nitrogens is 2. The summed E-state index contributed by atoms with van der Waals surface area (Å²) in [5.41, 5.74) is 4.44. The van der Waals surface area contributed by atoms with Crippen LogP contribution in [0.5, 0.6) is 11.5 Å². The molecule has 4 rings (SSSR count). The van der Waals surface area contributed by atoms with Crippen LogP contribution in [0.2, 0.25) is 0 Å². The molecule has 2 heterocycles. The normalized spacial score (nSPS) is 13.9. The number of nitrogens with one attached hydrogen (secondary N) is 2. The minimum Gasteiger partial charge on any atom is -0.490 e. The van der Waals surface area contributed by atoms with E-state index < -0.39 is 0 Å². The molecule has 0 bridgehead atoms. The second-order valence-corrected chi connectivity index (χ2v) is 8.42. The minimum atomic E-state index is 0.481. The van der Waals surface area contributed by atoms with Gasteiger partial charge < -0.3 is 29.3 Å². The van der Waals surface area contributed by atoms with E-state index in [1.807, 2.05) is 49.6 Å². The van der Waals surface area contributed by atoms with E-state index in [1.54, 1.807) is 0 Å². The van der Waals surface area contributed by atoms with Crippen molar-refractivity contribution in [1.82, 2.24) is 20.4 Å². The highest BCUT2D eigenvalue weighted by Crippen LogP contribution is 2.25. The molecule has 0 atom stereocenters. The Hall–Kier alpha value is -3.07. The Balaban J connectivity index is 1.22. The zero-order chi connectivity index (χ0) is 23.6. The lowest BCUT2D eigenvalue weighted by atomic mass is 10.1. The Bertz CT molecular complexity index is 984. The number of nitrogens with zero attached hydrogens (tertiary/aromatic N) is 3. The van der Waals surface area contributed by atoms with Gasteiger partial charge in [-0.2, -0.15) is 5.10 Å². The molecule has 8 heteroatoms. The SMILES string of the molecule is CNCCN(C)Cc1c[nH]nc1-c1ccc(OCCOc2ccc(N3CCOCC3)cc2)cc1. The maximum Gasteiger partial charge on any atom is 0.122 e. The van der Waals surface area contributed by atoms with Crippen molar-refractivity contribution in [2.45, 2.75) is 6.54 Å². The Morgan fingerprint density at radius 1 is 1.00 bits per heavy atom. The molecule has 1 aromatic heterocycles. The molecule has 0 aliphatic carbocycles. The number of morpholine rings is 1. The van der Waals surface area contributed by atoms with Gasteiger partial charge in [-0.25, -0.2) is 0 Å². The molecule has 182 valence electrons. The van der Waals surface area contributed by atoms with Crippen molar-refractivity contribution >= 4 is 5.69 Å². The molecule has 0 unspecified atom stereocenters. The largest absolute Gasteiger partial charge is 0.490 e. The van der Waals surface area contributed by atoms with Crippen molar-refractivity contribution in [3.8, 4) is 22.8 Å². The fourth-order valence-corrected chi connectivity index (χ4v) is 3.96. The lowest BCUT2D eigenvalue weighted by Crippen LogP contribution is -2.36. The van der Waals surface area contributed by atoms with Gasteiger partial charge in [-0.1, -0.05) is 0 Å². The first-order valence-electron chi connectivity index (χ1n) is 11.9. The molecule has 2 aromatic carbocycles. The van der Waals surface area contributed by atoms with Gasteiger partial charge in [0.1, 0.15) is 24.7 Å². The van der Waals surface area contributed by atoms with Crippen LogP contribution in [-0.2, 0) is 11.3 Å². The first-order chi connectivity index (χ1) is 16.7. The van der Waals surface area contributed by atoms with Gasteiger partial charge in [-0.05, 0) is 62.6 Å². The second kappa shape index (κ2) is 12.4. The topological polar surface area (TPSA) is 74.9 Å². The van der Waals surface area contributed by atoms with Gasteiger partial charge in [0.2, 0.25) is 0 Å². The number of hydrogen-bond acceptors (Lipinski definition) is 7. The molecular formula is C26H35N5O3. The van der Waals surface area contributed by atoms with Crippen LogP contribution in [-0.4, -0.2) is 81.8 Å². The molecule has 8 nitrogen and oxygen atoms in total. The predicted molar refractivity (Wildman–Crippen MR) is 135 cm³/mol. The molecule has 1 fully saturated rings. The van der Waals surface area contributed by atoms with Crippen LogP contribution in [0.4, 0.5) is 5.69 Å². The molecular weight excluding hydrogens is 430 g/mol. The summed E-state index contributed by atoms with van der Waals surface area (Å²) in [7, 11) is 4.09. The van der Waals surface area contributed by atoms with E-state index in [2.05, 4.69) is 44.5 Å². The molecule has 34 heavy (non-hydrogen) atoms. The Morgan fingerprint density at radius 3 is 2.29 bits per heavy atom. The molecule has 0 spiro atoms. The highest BCUT2D eigenvalue weighted by atomic mass is 16.5. The molecule has 2 N–H and O–H groups in total. The number of hydrogen-bond donors (Lipinski definition) is 2. The summed E-state index contributed by atoms with van der Waals surface area (Å²) < 4.78 is 17.1. The van der Waals surface area contributed by atoms with Gasteiger partial charge in [0, 0.05) is 55.7 Å². The van der Waals surface area contributed by atoms with Gasteiger partial charge in [-0.15, -0.1) is 0 Å². The lowest BCUT2D eigenvalue weighted by molar-refractivity contribution is 0.122. The van der Waals surface area contributed by atoms with Crippen LogP contribution in [0.15, 0.2) is 54.7 Å². The smallest absolute Gasteiger partial charge is 0.122 e. The van der Waals surface area contributed by atoms with Gasteiger partial charge in [0.15, 0.2) is 0 Å². The van der Waals surface area contributed by atoms with Crippen LogP contribution in [0, 0.1) is 0 Å². The van der Waals surface area contributed by atoms with Crippen LogP contribution < -0.4 is 19.7 Å². The number of H-pyrrole nitrogens is 1. The van der Waals surface area contributed by atoms with Crippen molar-refractivity contribution < 1.29 is 14.2 Å². The van der Waals surface area contributed by atoms with Crippen molar-refractivity contribution in [2.75, 3.05) is 71.6 Å². The van der Waals surface area contributed by atoms with E-state index in [4.69, 9.17) is 14.2 Å². The number of benzene rings is 2. The fourth-order valence-electron chi connectivity index (χ4n) is 3.96. The van der Waals surface area contributed by atoms with E-state index in [9.17, 15) is 0 Å². The summed E-state index contributed by atoms with van der Waals surface area (Å²) in [6.07, 6.45) is 1.97. The predicted octanol–water partition coefficient (Wildman–Crippen LogP) is 3.02. The number of rotatable bonds is 12. The summed E-state index contributed by atoms with van der Waals surface area (Å²) in [4.78, 5) is 4.60. The van der Waals surface area contributed by atoms with E-state index in [0.29, 0.717) is 13.2 Å². The summed E-state index contributed by atoms with van der Waals surface area (Å²) in [6, 6.07) is 16.3. The minimum absolute atomic E-state index is 0.481. The number of aromatic amines is 1. The molecule has 0 saturated carbocycles. The fraction of sp³-hybridized carbons (Fsp3) is 0.423. The Morgan fingerprint density at radius 2 is 1.65 bits per heavy atom. The first kappa shape index (κ1) is 24.1. The Kier molecular flexibility index (Phi) is 8.78. The number of anilines is 1. The highest BCUT2D eigenvalue weighted by molar-refractivity contribution is 5.63. The van der Waals surface area contributed by atoms with E-state index in [0.717, 1.165) is 68.7 Å². The first-order valence-corrected chi connectivity index (χ1v) is 11.9. The molecule has 0 radical (unpaired) electrons. The van der Waals surface area contributed by atoms with Crippen molar-refractivity contribution in [2.24, 2.45) is 0 Å². The van der Waals surface area contributed by atoms with Crippen molar-refractivity contribution in [3.05, 3.63) is 60.3 Å². The summed E-state index contributed by atoms with van der Waals surface area (Å²) in [5.74, 6) is 1.67. The summed E-state index contributed by atoms with van der Waals surface area (Å²) >= 11 is 0. The average Bonchev–Trinajstić information content (AvgIpc) is 3.34. The maximum atomic E-state index is 5.87. The lowest BCUT2D eigenvalue weighted by Gasteiger charge is -2.28. The van der Waals surface area contributed by atoms with Crippen LogP contribution in [0.25, 0.3) is 11.3 Å². The highest BCUT2D eigenvalue weighted by Gasteiger charge is 2.12. The molecule has 1 aliphatic rings. The zero-order valence-electron chi connectivity index (χ0n) is 20.1. The Labute approximate surface area is 201 Å². The van der Waals surface area contributed by atoms with Gasteiger partial charge in [0.25, 0.3) is 0 Å². The van der Waals surface area contributed by atoms with Gasteiger partial charge in [-0.3, -0.25) is 5.10 Å². The van der Waals surface area contributed by atoms with Gasteiger partial charge >= 0.3 is 0 Å². The third-order valence-corrected chi connectivity index (χ3v) is 5.86. The van der Waals surface area contributed by atoms with Crippen molar-refractivity contribution in [3.63, 3.8) is 0 Å². The molecule has 0 amide bonds. The number of likely N-dealkylation sites (N-methyl/N-ethyl adjacent to an activating group) is 2. The summed E-state index contributed by atoms with van der Waals surface area (Å²) in [5, 5.41) is 10.6. The third kappa shape index (κ3) is 6.72. The van der Waals surface area contributed by atoms with Crippen LogP contribution in [0.1, 0.15) is 5.56 Å². The van der Waals surface area contributed by atoms with E-state index in [1.165, 1.54) is 11.3 Å². The standard InChI is InChI=1S/C26H35N5O3/c1-27-11-12-30(2)20-22-19-28-29-26(22)21-3-7-24(8-4-21)33-17-18-34-25-9-5-23(6-10-25)31-13-15-32-16-14-31/h3-10,19,27H,11-18,20H2,1-2H3,(H,28,29). The van der Waals surface area contributed by atoms with Crippen LogP contribution >= 0.6 is 0 Å². The average molecular weight is 466 g/mol. The molecule has 1 aliphatic heterocycles. The zero-order valence-corrected chi connectivity index (χ0v) is 20.1. The summed E-state index contributed by atoms with van der Waals surface area (Å²) in [6.45, 7) is 7.19. The quantitative estimate of drug-likeness (QED) is 0.398.